The summed E-state index contributed by atoms with van der Waals surface area (Å²) in [5.74, 6) is 1.85. The fourth-order valence-corrected chi connectivity index (χ4v) is 2.27. The Hall–Kier alpha value is -1.36. The molecule has 0 aliphatic carbocycles. The van der Waals surface area contributed by atoms with Crippen LogP contribution in [-0.4, -0.2) is 14.8 Å². The summed E-state index contributed by atoms with van der Waals surface area (Å²) in [7, 11) is -4.38. The zero-order chi connectivity index (χ0) is 14.2. The van der Waals surface area contributed by atoms with Crippen LogP contribution in [0.15, 0.2) is 21.0 Å². The van der Waals surface area contributed by atoms with Crippen molar-refractivity contribution in [3.63, 3.8) is 0 Å². The van der Waals surface area contributed by atoms with Crippen LogP contribution in [0.1, 0.15) is 25.5 Å². The van der Waals surface area contributed by atoms with E-state index in [0.29, 0.717) is 35.4 Å². The summed E-state index contributed by atoms with van der Waals surface area (Å²) in [6, 6.07) is 2.76. The second-order valence-corrected chi connectivity index (χ2v) is 6.31. The molecule has 2 N–H and O–H groups in total. The van der Waals surface area contributed by atoms with Gasteiger partial charge in [0.15, 0.2) is 11.7 Å². The van der Waals surface area contributed by atoms with Gasteiger partial charge in [0, 0.05) is 13.3 Å². The maximum Gasteiger partial charge on any atom is 0.391 e. The van der Waals surface area contributed by atoms with E-state index in [2.05, 4.69) is 4.98 Å². The van der Waals surface area contributed by atoms with E-state index in [9.17, 15) is 4.57 Å². The molecular weight excluding hydrogens is 269 g/mol. The number of nitrogens with zero attached hydrogens (tertiary/aromatic N) is 1. The number of rotatable bonds is 4. The molecule has 0 aliphatic heterocycles. The Morgan fingerprint density at radius 2 is 2.00 bits per heavy atom. The van der Waals surface area contributed by atoms with Gasteiger partial charge in [0.25, 0.3) is 0 Å². The average molecular weight is 285 g/mol. The number of hydrogen-bond acceptors (Lipinski definition) is 4. The van der Waals surface area contributed by atoms with Crippen molar-refractivity contribution in [2.75, 3.05) is 0 Å². The zero-order valence-corrected chi connectivity index (χ0v) is 11.8. The molecule has 0 bridgehead atoms. The first kappa shape index (κ1) is 14.1. The Morgan fingerprint density at radius 1 is 1.32 bits per heavy atom. The predicted molar refractivity (Wildman–Crippen MR) is 69.2 cm³/mol. The van der Waals surface area contributed by atoms with Gasteiger partial charge in [-0.25, -0.2) is 4.98 Å². The highest BCUT2D eigenvalue weighted by Gasteiger charge is 2.24. The molecule has 2 aromatic heterocycles. The van der Waals surface area contributed by atoms with Gasteiger partial charge in [0.2, 0.25) is 5.50 Å². The van der Waals surface area contributed by atoms with E-state index in [1.807, 2.05) is 13.8 Å². The molecule has 0 atom stereocenters. The lowest BCUT2D eigenvalue weighted by Crippen LogP contribution is -1.98. The van der Waals surface area contributed by atoms with Crippen molar-refractivity contribution in [1.29, 1.82) is 0 Å². The average Bonchev–Trinajstić information content (AvgIpc) is 2.82. The van der Waals surface area contributed by atoms with Gasteiger partial charge in [0.1, 0.15) is 11.5 Å². The summed E-state index contributed by atoms with van der Waals surface area (Å²) in [5.41, 5.74) is 0.143. The van der Waals surface area contributed by atoms with Gasteiger partial charge in [-0.1, -0.05) is 13.8 Å². The van der Waals surface area contributed by atoms with Crippen LogP contribution in [0.2, 0.25) is 0 Å². The fraction of sp³-hybridized carbons (Fsp3) is 0.417. The molecule has 2 rings (SSSR count). The summed E-state index contributed by atoms with van der Waals surface area (Å²) in [4.78, 5) is 22.3. The maximum absolute atomic E-state index is 11.1. The smallest absolute Gasteiger partial charge is 0.391 e. The van der Waals surface area contributed by atoms with Gasteiger partial charge in [-0.15, -0.1) is 0 Å². The van der Waals surface area contributed by atoms with Crippen molar-refractivity contribution >= 4 is 13.1 Å². The normalized spacial score (nSPS) is 12.3. The molecule has 2 aromatic rings. The van der Waals surface area contributed by atoms with E-state index in [1.165, 1.54) is 12.1 Å². The lowest BCUT2D eigenvalue weighted by Gasteiger charge is -2.02. The summed E-state index contributed by atoms with van der Waals surface area (Å²) in [5, 5.41) is 0. The minimum absolute atomic E-state index is 0.311. The van der Waals surface area contributed by atoms with Gasteiger partial charge in [-0.2, -0.15) is 0 Å². The summed E-state index contributed by atoms with van der Waals surface area (Å²) in [6.07, 6.45) is 0.683. The van der Waals surface area contributed by atoms with Gasteiger partial charge in [0.05, 0.1) is 0 Å². The van der Waals surface area contributed by atoms with E-state index >= 15 is 0 Å². The summed E-state index contributed by atoms with van der Waals surface area (Å²) < 4.78 is 21.8. The molecule has 0 amide bonds. The van der Waals surface area contributed by atoms with Crippen molar-refractivity contribution in [1.82, 2.24) is 4.98 Å². The van der Waals surface area contributed by atoms with Crippen LogP contribution < -0.4 is 5.50 Å². The van der Waals surface area contributed by atoms with Crippen molar-refractivity contribution < 1.29 is 23.2 Å². The predicted octanol–water partition coefficient (Wildman–Crippen LogP) is 2.24. The fourth-order valence-electron chi connectivity index (χ4n) is 1.78. The zero-order valence-electron chi connectivity index (χ0n) is 11.0. The highest BCUT2D eigenvalue weighted by atomic mass is 31.2. The van der Waals surface area contributed by atoms with E-state index < -0.39 is 7.60 Å². The van der Waals surface area contributed by atoms with Crippen LogP contribution >= 0.6 is 7.60 Å². The van der Waals surface area contributed by atoms with Gasteiger partial charge >= 0.3 is 7.60 Å². The van der Waals surface area contributed by atoms with E-state index in [0.717, 1.165) is 0 Å². The Kier molecular flexibility index (Phi) is 3.67. The highest BCUT2D eigenvalue weighted by molar-refractivity contribution is 7.59. The van der Waals surface area contributed by atoms with E-state index in [1.54, 1.807) is 6.92 Å². The molecule has 6 nitrogen and oxygen atoms in total. The molecule has 0 radical (unpaired) electrons. The number of aryl methyl sites for hydroxylation is 1. The largest absolute Gasteiger partial charge is 0.446 e. The van der Waals surface area contributed by atoms with Crippen LogP contribution in [0.25, 0.3) is 11.5 Å². The molecule has 0 unspecified atom stereocenters. The lowest BCUT2D eigenvalue weighted by atomic mass is 10.1. The summed E-state index contributed by atoms with van der Waals surface area (Å²) in [6.45, 7) is 5.82. The molecule has 0 aliphatic rings. The maximum atomic E-state index is 11.1. The second-order valence-electron chi connectivity index (χ2n) is 4.78. The Morgan fingerprint density at radius 3 is 2.53 bits per heavy atom. The monoisotopic (exact) mass is 285 g/mol. The number of oxazole rings is 1. The van der Waals surface area contributed by atoms with Crippen LogP contribution in [0, 0.1) is 12.8 Å². The van der Waals surface area contributed by atoms with Gasteiger partial charge < -0.3 is 18.6 Å². The Labute approximate surface area is 110 Å². The van der Waals surface area contributed by atoms with Gasteiger partial charge in [-0.05, 0) is 18.1 Å². The van der Waals surface area contributed by atoms with E-state index in [4.69, 9.17) is 18.6 Å². The molecular formula is C12H16NO5P. The van der Waals surface area contributed by atoms with Crippen molar-refractivity contribution in [2.45, 2.75) is 27.2 Å². The molecule has 104 valence electrons. The van der Waals surface area contributed by atoms with Crippen LogP contribution in [0.4, 0.5) is 0 Å². The third-order valence-corrected chi connectivity index (χ3v) is 3.32. The third kappa shape index (κ3) is 3.15. The summed E-state index contributed by atoms with van der Waals surface area (Å²) >= 11 is 0. The first-order valence-electron chi connectivity index (χ1n) is 5.90. The van der Waals surface area contributed by atoms with Crippen LogP contribution in [0.5, 0.6) is 0 Å². The standard InChI is InChI=1S/C12H16NO5P/c1-7(2)6-10-12(13-8(3)17-10)9-4-5-11(18-9)19(14,15)16/h4-5,7H,6H2,1-3H3,(H2,14,15,16). The molecule has 0 spiro atoms. The minimum Gasteiger partial charge on any atom is -0.446 e. The quantitative estimate of drug-likeness (QED) is 0.836. The molecule has 2 heterocycles. The van der Waals surface area contributed by atoms with Crippen molar-refractivity contribution in [3.8, 4) is 11.5 Å². The molecule has 19 heavy (non-hydrogen) atoms. The number of hydrogen-bond donors (Lipinski definition) is 2. The highest BCUT2D eigenvalue weighted by Crippen LogP contribution is 2.36. The van der Waals surface area contributed by atoms with Gasteiger partial charge in [-0.3, -0.25) is 4.57 Å². The molecule has 0 saturated heterocycles. The third-order valence-electron chi connectivity index (χ3n) is 2.51. The first-order valence-corrected chi connectivity index (χ1v) is 7.51. The molecule has 0 aromatic carbocycles. The molecule has 0 saturated carbocycles. The Bertz CT molecular complexity index is 622. The van der Waals surface area contributed by atoms with Crippen molar-refractivity contribution in [2.24, 2.45) is 5.92 Å². The van der Waals surface area contributed by atoms with Crippen LogP contribution in [-0.2, 0) is 11.0 Å². The molecule has 7 heteroatoms. The minimum atomic E-state index is -4.38. The second kappa shape index (κ2) is 4.96. The number of aromatic nitrogens is 1. The SMILES string of the molecule is Cc1nc(-c2ccc(P(=O)(O)O)o2)c(CC(C)C)o1. The first-order chi connectivity index (χ1) is 8.77. The number of furan rings is 1. The lowest BCUT2D eigenvalue weighted by molar-refractivity contribution is 0.377. The topological polar surface area (TPSA) is 96.7 Å². The van der Waals surface area contributed by atoms with Crippen molar-refractivity contribution in [3.05, 3.63) is 23.8 Å². The molecule has 0 fully saturated rings. The van der Waals surface area contributed by atoms with Crippen LogP contribution in [0.3, 0.4) is 0 Å². The Balaban J connectivity index is 2.41. The van der Waals surface area contributed by atoms with E-state index in [-0.39, 0.29) is 5.50 Å².